The first-order valence-corrected chi connectivity index (χ1v) is 25.9. The number of aliphatic hydroxyl groups is 5. The van der Waals surface area contributed by atoms with Crippen molar-refractivity contribution in [2.75, 3.05) is 13.2 Å². The number of ether oxygens (including phenoxy) is 3. The zero-order valence-electron chi connectivity index (χ0n) is 41.3. The van der Waals surface area contributed by atoms with E-state index in [-0.39, 0.29) is 19.4 Å². The van der Waals surface area contributed by atoms with Crippen LogP contribution in [0.4, 0.5) is 0 Å². The molecule has 0 saturated carbocycles. The van der Waals surface area contributed by atoms with Crippen molar-refractivity contribution in [3.8, 4) is 0 Å². The summed E-state index contributed by atoms with van der Waals surface area (Å²) >= 11 is 0. The van der Waals surface area contributed by atoms with Gasteiger partial charge in [-0.1, -0.05) is 202 Å². The molecule has 1 heterocycles. The number of hydrogen-bond donors (Lipinski definition) is 6. The molecule has 1 aliphatic rings. The molecule has 1 amide bonds. The number of carbonyl (C=O) groups is 2. The summed E-state index contributed by atoms with van der Waals surface area (Å²) < 4.78 is 17.5. The minimum absolute atomic E-state index is 0.103. The van der Waals surface area contributed by atoms with Crippen molar-refractivity contribution in [1.29, 1.82) is 0 Å². The van der Waals surface area contributed by atoms with E-state index in [0.717, 1.165) is 83.5 Å². The molecule has 11 nitrogen and oxygen atoms in total. The molecule has 0 aromatic heterocycles. The molecule has 6 N–H and O–H groups in total. The van der Waals surface area contributed by atoms with Gasteiger partial charge >= 0.3 is 5.97 Å². The number of amides is 1. The number of carbonyl (C=O) groups excluding carboxylic acids is 2. The Morgan fingerprint density at radius 3 is 1.73 bits per heavy atom. The Hall–Kier alpha value is -3.16. The predicted molar refractivity (Wildman–Crippen MR) is 269 cm³/mol. The van der Waals surface area contributed by atoms with E-state index in [1.165, 1.54) is 57.8 Å². The van der Waals surface area contributed by atoms with Gasteiger partial charge in [-0.05, 0) is 64.2 Å². The van der Waals surface area contributed by atoms with Crippen LogP contribution in [0.1, 0.15) is 188 Å². The Labute approximate surface area is 400 Å². The lowest BCUT2D eigenvalue weighted by molar-refractivity contribution is -0.305. The molecule has 1 rings (SSSR count). The van der Waals surface area contributed by atoms with E-state index < -0.39 is 67.4 Å². The van der Waals surface area contributed by atoms with Gasteiger partial charge in [-0.15, -0.1) is 0 Å². The van der Waals surface area contributed by atoms with Crippen LogP contribution in [0.5, 0.6) is 0 Å². The second kappa shape index (κ2) is 43.1. The lowest BCUT2D eigenvalue weighted by Crippen LogP contribution is -2.61. The number of esters is 1. The smallest absolute Gasteiger partial charge is 0.306 e. The van der Waals surface area contributed by atoms with E-state index in [1.54, 1.807) is 6.08 Å². The summed E-state index contributed by atoms with van der Waals surface area (Å²) in [5, 5.41) is 56.5. The average Bonchev–Trinajstić information content (AvgIpc) is 3.31. The predicted octanol–water partition coefficient (Wildman–Crippen LogP) is 10.7. The third kappa shape index (κ3) is 31.7. The van der Waals surface area contributed by atoms with E-state index in [9.17, 15) is 35.1 Å². The molecule has 1 saturated heterocycles. The number of nitrogens with one attached hydrogen (secondary N) is 1. The second-order valence-electron chi connectivity index (χ2n) is 17.6. The number of allylic oxidation sites excluding steroid dienone is 13. The third-order valence-electron chi connectivity index (χ3n) is 11.7. The van der Waals surface area contributed by atoms with Crippen molar-refractivity contribution in [2.24, 2.45) is 0 Å². The Balaban J connectivity index is 2.84. The van der Waals surface area contributed by atoms with Gasteiger partial charge in [0.1, 0.15) is 24.4 Å². The third-order valence-corrected chi connectivity index (χ3v) is 11.7. The van der Waals surface area contributed by atoms with Crippen LogP contribution < -0.4 is 5.32 Å². The lowest BCUT2D eigenvalue weighted by Gasteiger charge is -2.41. The summed E-state index contributed by atoms with van der Waals surface area (Å²) in [6, 6.07) is -1.05. The fraction of sp³-hybridized carbons (Fsp3) is 0.709. The molecule has 8 unspecified atom stereocenters. The molecule has 0 spiro atoms. The number of rotatable bonds is 41. The minimum atomic E-state index is -1.63. The molecular weight excluding hydrogens is 835 g/mol. The van der Waals surface area contributed by atoms with Gasteiger partial charge in [0, 0.05) is 6.42 Å². The van der Waals surface area contributed by atoms with Crippen LogP contribution in [0.3, 0.4) is 0 Å². The molecular formula is C55H93NO10. The summed E-state index contributed by atoms with van der Waals surface area (Å²) in [5.41, 5.74) is 0. The molecule has 11 heteroatoms. The highest BCUT2D eigenvalue weighted by Gasteiger charge is 2.47. The number of aliphatic hydroxyl groups excluding tert-OH is 5. The lowest BCUT2D eigenvalue weighted by atomic mass is 9.99. The molecule has 0 aromatic rings. The topological polar surface area (TPSA) is 175 Å². The molecule has 8 atom stereocenters. The van der Waals surface area contributed by atoms with E-state index in [0.29, 0.717) is 12.8 Å². The van der Waals surface area contributed by atoms with Gasteiger partial charge < -0.3 is 45.1 Å². The van der Waals surface area contributed by atoms with E-state index in [4.69, 9.17) is 14.2 Å². The van der Waals surface area contributed by atoms with Crippen molar-refractivity contribution in [2.45, 2.75) is 237 Å². The van der Waals surface area contributed by atoms with Gasteiger partial charge in [0.15, 0.2) is 12.4 Å². The van der Waals surface area contributed by atoms with Crippen LogP contribution in [0.25, 0.3) is 0 Å². The summed E-state index contributed by atoms with van der Waals surface area (Å²) in [7, 11) is 0. The highest BCUT2D eigenvalue weighted by Crippen LogP contribution is 2.26. The van der Waals surface area contributed by atoms with Crippen molar-refractivity contribution in [3.63, 3.8) is 0 Å². The summed E-state index contributed by atoms with van der Waals surface area (Å²) in [5.74, 6) is -1.26. The second-order valence-corrected chi connectivity index (χ2v) is 17.6. The average molecular weight is 928 g/mol. The van der Waals surface area contributed by atoms with Gasteiger partial charge in [-0.2, -0.15) is 0 Å². The molecule has 0 aromatic carbocycles. The summed E-state index contributed by atoms with van der Waals surface area (Å²) in [6.45, 7) is 5.52. The monoisotopic (exact) mass is 928 g/mol. The number of hydrogen-bond acceptors (Lipinski definition) is 10. The van der Waals surface area contributed by atoms with Crippen LogP contribution in [-0.2, 0) is 23.8 Å². The maximum atomic E-state index is 13.3. The Kier molecular flexibility index (Phi) is 39.8. The van der Waals surface area contributed by atoms with Crippen LogP contribution in [0.2, 0.25) is 0 Å². The Morgan fingerprint density at radius 1 is 0.606 bits per heavy atom. The molecule has 1 fully saturated rings. The van der Waals surface area contributed by atoms with Gasteiger partial charge in [-0.25, -0.2) is 0 Å². The quantitative estimate of drug-likeness (QED) is 0.0150. The highest BCUT2D eigenvalue weighted by atomic mass is 16.7. The summed E-state index contributed by atoms with van der Waals surface area (Å²) in [4.78, 5) is 26.3. The van der Waals surface area contributed by atoms with Gasteiger partial charge in [0.05, 0.1) is 25.4 Å². The van der Waals surface area contributed by atoms with Crippen molar-refractivity contribution in [1.82, 2.24) is 5.32 Å². The maximum Gasteiger partial charge on any atom is 0.306 e. The fourth-order valence-corrected chi connectivity index (χ4v) is 7.47. The maximum absolute atomic E-state index is 13.3. The first kappa shape index (κ1) is 60.9. The van der Waals surface area contributed by atoms with Crippen molar-refractivity contribution < 1.29 is 49.3 Å². The summed E-state index contributed by atoms with van der Waals surface area (Å²) in [6.07, 6.45) is 43.5. The molecule has 378 valence electrons. The van der Waals surface area contributed by atoms with Crippen molar-refractivity contribution in [3.05, 3.63) is 85.1 Å². The molecule has 1 aliphatic heterocycles. The van der Waals surface area contributed by atoms with E-state index in [2.05, 4.69) is 44.3 Å². The molecule has 66 heavy (non-hydrogen) atoms. The minimum Gasteiger partial charge on any atom is -0.454 e. The zero-order valence-corrected chi connectivity index (χ0v) is 41.3. The molecule has 0 aliphatic carbocycles. The Bertz CT molecular complexity index is 1390. The SMILES string of the molecule is CC/C=C/C=C/C=C\C=C/C=C/CCCCC(O)C(=O)NC(COC1OC(CO)C(O)C(O)C1OC(=O)CCCCCCC/C=C\CCCC)C(O)/C=C/CCCCCCCCCCCC. The molecule has 0 bridgehead atoms. The van der Waals surface area contributed by atoms with Gasteiger partial charge in [0.2, 0.25) is 5.91 Å². The van der Waals surface area contributed by atoms with Crippen LogP contribution in [-0.4, -0.2) is 99.6 Å². The fourth-order valence-electron chi connectivity index (χ4n) is 7.47. The Morgan fingerprint density at radius 2 is 1.12 bits per heavy atom. The normalized spacial score (nSPS) is 20.9. The van der Waals surface area contributed by atoms with Crippen LogP contribution in [0, 0.1) is 0 Å². The van der Waals surface area contributed by atoms with Gasteiger partial charge in [-0.3, -0.25) is 9.59 Å². The zero-order chi connectivity index (χ0) is 48.3. The van der Waals surface area contributed by atoms with E-state index in [1.807, 2.05) is 60.8 Å². The molecule has 0 radical (unpaired) electrons. The first-order valence-electron chi connectivity index (χ1n) is 25.9. The van der Waals surface area contributed by atoms with Crippen molar-refractivity contribution >= 4 is 11.9 Å². The first-order chi connectivity index (χ1) is 32.2. The van der Waals surface area contributed by atoms with Crippen LogP contribution in [0.15, 0.2) is 85.1 Å². The largest absolute Gasteiger partial charge is 0.454 e. The number of unbranched alkanes of at least 4 members (excludes halogenated alkanes) is 19. The van der Waals surface area contributed by atoms with Gasteiger partial charge in [0.25, 0.3) is 0 Å². The van der Waals surface area contributed by atoms with Crippen LogP contribution >= 0.6 is 0 Å². The van der Waals surface area contributed by atoms with E-state index >= 15 is 0 Å². The highest BCUT2D eigenvalue weighted by molar-refractivity contribution is 5.80. The standard InChI is InChI=1S/C55H93NO10/c1-4-7-10-13-16-19-22-24-25-28-30-33-36-39-42-48(59)54(63)56-46(47(58)41-38-35-32-29-27-23-20-17-14-11-8-5-2)45-64-55-53(52(62)51(61)49(44-57)65-55)66-50(60)43-40-37-34-31-26-21-18-15-12-9-6-3/h7,10,13,15-16,18-19,22,24-25,28,30,38,41,46-49,51-53,55,57-59,61-62H,4-6,8-9,11-12,14,17,20-21,23,26-27,29,31-37,39-40,42-45H2,1-3H3,(H,56,63)/b10-7+,16-13+,18-15-,22-19-,25-24-,30-28+,41-38+.